The third-order valence-electron chi connectivity index (χ3n) is 4.86. The van der Waals surface area contributed by atoms with Gasteiger partial charge in [0.2, 0.25) is 0 Å². The second-order valence-corrected chi connectivity index (χ2v) is 6.61. The molecule has 1 fully saturated rings. The van der Waals surface area contributed by atoms with Gasteiger partial charge in [-0.25, -0.2) is 0 Å². The first-order valence-electron chi connectivity index (χ1n) is 9.09. The summed E-state index contributed by atoms with van der Waals surface area (Å²) in [6.07, 6.45) is 7.69. The highest BCUT2D eigenvalue weighted by Crippen LogP contribution is 2.34. The second kappa shape index (κ2) is 7.58. The van der Waals surface area contributed by atoms with Crippen LogP contribution in [0.15, 0.2) is 67.0 Å². The standard InChI is InChI=1S/C22H23N3/c1-6-15-25(16-7-1)17-18-9-8-10-19(20-11-2-4-13-23-20)22(18)21-12-3-5-14-24-21/h2-5,8-14H,1,6-7,15-17H2. The average molecular weight is 329 g/mol. The van der Waals surface area contributed by atoms with E-state index < -0.39 is 0 Å². The van der Waals surface area contributed by atoms with Crippen LogP contribution in [0.4, 0.5) is 0 Å². The lowest BCUT2D eigenvalue weighted by Gasteiger charge is -2.27. The monoisotopic (exact) mass is 329 g/mol. The van der Waals surface area contributed by atoms with Crippen LogP contribution in [0.1, 0.15) is 24.8 Å². The molecule has 3 aromatic rings. The van der Waals surface area contributed by atoms with Gasteiger partial charge in [-0.2, -0.15) is 0 Å². The van der Waals surface area contributed by atoms with E-state index in [-0.39, 0.29) is 0 Å². The Labute approximate surface area is 149 Å². The summed E-state index contributed by atoms with van der Waals surface area (Å²) >= 11 is 0. The van der Waals surface area contributed by atoms with Crippen molar-refractivity contribution < 1.29 is 0 Å². The normalized spacial score (nSPS) is 15.2. The summed E-state index contributed by atoms with van der Waals surface area (Å²) in [7, 11) is 0. The third-order valence-corrected chi connectivity index (χ3v) is 4.86. The van der Waals surface area contributed by atoms with Crippen LogP contribution in [0.5, 0.6) is 0 Å². The SMILES string of the molecule is c1ccc(-c2cccc(CN3CCCCC3)c2-c2ccccn2)nc1. The van der Waals surface area contributed by atoms with Gasteiger partial charge in [0.1, 0.15) is 0 Å². The summed E-state index contributed by atoms with van der Waals surface area (Å²) in [5, 5.41) is 0. The van der Waals surface area contributed by atoms with Crippen molar-refractivity contribution in [2.45, 2.75) is 25.8 Å². The molecule has 1 saturated heterocycles. The van der Waals surface area contributed by atoms with Gasteiger partial charge in [0.25, 0.3) is 0 Å². The minimum atomic E-state index is 0.979. The van der Waals surface area contributed by atoms with Crippen LogP contribution in [0.2, 0.25) is 0 Å². The molecular formula is C22H23N3. The van der Waals surface area contributed by atoms with Gasteiger partial charge in [0.15, 0.2) is 0 Å². The van der Waals surface area contributed by atoms with Crippen LogP contribution in [-0.2, 0) is 6.54 Å². The van der Waals surface area contributed by atoms with Gasteiger partial charge >= 0.3 is 0 Å². The van der Waals surface area contributed by atoms with Crippen molar-refractivity contribution in [3.63, 3.8) is 0 Å². The smallest absolute Gasteiger partial charge is 0.0712 e. The first-order chi connectivity index (χ1) is 12.4. The van der Waals surface area contributed by atoms with Crippen molar-refractivity contribution in [3.8, 4) is 22.5 Å². The third kappa shape index (κ3) is 3.62. The van der Waals surface area contributed by atoms with Gasteiger partial charge in [-0.1, -0.05) is 36.8 Å². The topological polar surface area (TPSA) is 29.0 Å². The van der Waals surface area contributed by atoms with Crippen molar-refractivity contribution in [2.24, 2.45) is 0 Å². The fourth-order valence-corrected chi connectivity index (χ4v) is 3.64. The molecular weight excluding hydrogens is 306 g/mol. The average Bonchev–Trinajstić information content (AvgIpc) is 2.70. The summed E-state index contributed by atoms with van der Waals surface area (Å²) in [4.78, 5) is 11.8. The lowest BCUT2D eigenvalue weighted by molar-refractivity contribution is 0.221. The summed E-state index contributed by atoms with van der Waals surface area (Å²) in [5.41, 5.74) is 5.74. The molecule has 0 atom stereocenters. The van der Waals surface area contributed by atoms with Gasteiger partial charge in [0, 0.05) is 30.1 Å². The maximum absolute atomic E-state index is 4.64. The quantitative estimate of drug-likeness (QED) is 0.689. The largest absolute Gasteiger partial charge is 0.299 e. The molecule has 0 spiro atoms. The van der Waals surface area contributed by atoms with E-state index >= 15 is 0 Å². The van der Waals surface area contributed by atoms with E-state index in [4.69, 9.17) is 0 Å². The molecule has 1 aromatic carbocycles. The molecule has 25 heavy (non-hydrogen) atoms. The number of likely N-dealkylation sites (tertiary alicyclic amines) is 1. The summed E-state index contributed by atoms with van der Waals surface area (Å²) in [6.45, 7) is 3.36. The lowest BCUT2D eigenvalue weighted by Crippen LogP contribution is -2.29. The molecule has 4 rings (SSSR count). The molecule has 1 aliphatic rings. The molecule has 0 amide bonds. The highest BCUT2D eigenvalue weighted by atomic mass is 15.1. The molecule has 0 unspecified atom stereocenters. The van der Waals surface area contributed by atoms with E-state index in [1.807, 2.05) is 30.6 Å². The van der Waals surface area contributed by atoms with E-state index in [0.29, 0.717) is 0 Å². The van der Waals surface area contributed by atoms with Gasteiger partial charge in [0.05, 0.1) is 11.4 Å². The molecule has 126 valence electrons. The Morgan fingerprint density at radius 3 is 2.12 bits per heavy atom. The van der Waals surface area contributed by atoms with E-state index in [2.05, 4.69) is 51.3 Å². The van der Waals surface area contributed by atoms with E-state index in [1.54, 1.807) is 0 Å². The Morgan fingerprint density at radius 1 is 0.720 bits per heavy atom. The molecule has 1 aliphatic heterocycles. The Morgan fingerprint density at radius 2 is 1.44 bits per heavy atom. The van der Waals surface area contributed by atoms with E-state index in [9.17, 15) is 0 Å². The van der Waals surface area contributed by atoms with Gasteiger partial charge < -0.3 is 0 Å². The van der Waals surface area contributed by atoms with Crippen LogP contribution in [0.3, 0.4) is 0 Å². The van der Waals surface area contributed by atoms with Gasteiger partial charge in [-0.15, -0.1) is 0 Å². The van der Waals surface area contributed by atoms with E-state index in [0.717, 1.165) is 23.5 Å². The minimum Gasteiger partial charge on any atom is -0.299 e. The van der Waals surface area contributed by atoms with Crippen LogP contribution in [-0.4, -0.2) is 28.0 Å². The lowest BCUT2D eigenvalue weighted by atomic mass is 9.94. The number of pyridine rings is 2. The van der Waals surface area contributed by atoms with Crippen LogP contribution >= 0.6 is 0 Å². The molecule has 3 nitrogen and oxygen atoms in total. The predicted octanol–water partition coefficient (Wildman–Crippen LogP) is 4.80. The Balaban J connectivity index is 1.80. The number of hydrogen-bond donors (Lipinski definition) is 0. The second-order valence-electron chi connectivity index (χ2n) is 6.61. The van der Waals surface area contributed by atoms with Crippen molar-refractivity contribution in [1.82, 2.24) is 14.9 Å². The van der Waals surface area contributed by atoms with Crippen LogP contribution in [0.25, 0.3) is 22.5 Å². The molecule has 0 aliphatic carbocycles. The maximum atomic E-state index is 4.64. The Kier molecular flexibility index (Phi) is 4.84. The molecule has 3 heterocycles. The fourth-order valence-electron chi connectivity index (χ4n) is 3.64. The van der Waals surface area contributed by atoms with Gasteiger partial charge in [-0.05, 0) is 55.8 Å². The van der Waals surface area contributed by atoms with Crippen molar-refractivity contribution in [3.05, 3.63) is 72.6 Å². The molecule has 3 heteroatoms. The Hall–Kier alpha value is -2.52. The molecule has 0 bridgehead atoms. The summed E-state index contributed by atoms with van der Waals surface area (Å²) in [5.74, 6) is 0. The minimum absolute atomic E-state index is 0.979. The number of piperidine rings is 1. The highest BCUT2D eigenvalue weighted by Gasteiger charge is 2.17. The first kappa shape index (κ1) is 16.0. The molecule has 0 radical (unpaired) electrons. The molecule has 2 aromatic heterocycles. The van der Waals surface area contributed by atoms with Crippen LogP contribution in [0, 0.1) is 0 Å². The zero-order valence-electron chi connectivity index (χ0n) is 14.4. The van der Waals surface area contributed by atoms with E-state index in [1.165, 1.54) is 43.5 Å². The first-order valence-corrected chi connectivity index (χ1v) is 9.09. The molecule has 0 saturated carbocycles. The van der Waals surface area contributed by atoms with Gasteiger partial charge in [-0.3, -0.25) is 14.9 Å². The number of nitrogens with zero attached hydrogens (tertiary/aromatic N) is 3. The van der Waals surface area contributed by atoms with Crippen molar-refractivity contribution in [2.75, 3.05) is 13.1 Å². The summed E-state index contributed by atoms with van der Waals surface area (Å²) < 4.78 is 0. The van der Waals surface area contributed by atoms with Crippen molar-refractivity contribution >= 4 is 0 Å². The fraction of sp³-hybridized carbons (Fsp3) is 0.273. The number of benzene rings is 1. The molecule has 0 N–H and O–H groups in total. The number of aromatic nitrogens is 2. The Bertz CT molecular complexity index is 809. The number of hydrogen-bond acceptors (Lipinski definition) is 3. The summed E-state index contributed by atoms with van der Waals surface area (Å²) in [6, 6.07) is 18.8. The zero-order valence-corrected chi connectivity index (χ0v) is 14.4. The van der Waals surface area contributed by atoms with Crippen molar-refractivity contribution in [1.29, 1.82) is 0 Å². The van der Waals surface area contributed by atoms with Crippen LogP contribution < -0.4 is 0 Å². The highest BCUT2D eigenvalue weighted by molar-refractivity contribution is 5.82. The zero-order chi connectivity index (χ0) is 16.9. The predicted molar refractivity (Wildman–Crippen MR) is 102 cm³/mol. The maximum Gasteiger partial charge on any atom is 0.0712 e. The number of rotatable bonds is 4.